The van der Waals surface area contributed by atoms with Crippen molar-refractivity contribution in [1.82, 2.24) is 24.7 Å². The van der Waals surface area contributed by atoms with Crippen LogP contribution in [-0.4, -0.2) is 34.9 Å². The zero-order valence-electron chi connectivity index (χ0n) is 9.29. The molecule has 0 saturated carbocycles. The molecular weight excluding hydrogens is 242 g/mol. The lowest BCUT2D eigenvalue weighted by atomic mass is 10.3. The molecule has 0 aliphatic rings. The second kappa shape index (κ2) is 4.68. The van der Waals surface area contributed by atoms with Crippen LogP contribution in [0.15, 0.2) is 29.6 Å². The number of aryl methyl sites for hydroxylation is 1. The second-order valence-corrected chi connectivity index (χ2v) is 5.28. The first-order chi connectivity index (χ1) is 8.08. The summed E-state index contributed by atoms with van der Waals surface area (Å²) in [4.78, 5) is 0. The maximum atomic E-state index is 11.7. The van der Waals surface area contributed by atoms with Gasteiger partial charge in [-0.05, 0) is 12.1 Å². The Hall–Kier alpha value is -1.67. The van der Waals surface area contributed by atoms with Crippen LogP contribution in [0.5, 0.6) is 0 Å². The summed E-state index contributed by atoms with van der Waals surface area (Å²) >= 11 is 0. The topological polar surface area (TPSA) is 92.7 Å². The molecule has 0 bridgehead atoms. The Morgan fingerprint density at radius 1 is 1.47 bits per heavy atom. The van der Waals surface area contributed by atoms with Crippen molar-refractivity contribution < 1.29 is 8.42 Å². The predicted octanol–water partition coefficient (Wildman–Crippen LogP) is -0.336. The lowest BCUT2D eigenvalue weighted by molar-refractivity contribution is 0.576. The first kappa shape index (κ1) is 11.8. The maximum Gasteiger partial charge on any atom is 0.257 e. The van der Waals surface area contributed by atoms with Crippen LogP contribution in [0.1, 0.15) is 5.69 Å². The average molecular weight is 255 g/mol. The monoisotopic (exact) mass is 255 g/mol. The number of rotatable bonds is 5. The molecule has 2 aromatic rings. The minimum Gasteiger partial charge on any atom is -0.276 e. The smallest absolute Gasteiger partial charge is 0.257 e. The van der Waals surface area contributed by atoms with Crippen molar-refractivity contribution >= 4 is 10.0 Å². The van der Waals surface area contributed by atoms with E-state index in [1.807, 2.05) is 19.3 Å². The summed E-state index contributed by atoms with van der Waals surface area (Å²) in [5.41, 5.74) is 0.847. The van der Waals surface area contributed by atoms with Crippen molar-refractivity contribution in [3.05, 3.63) is 30.2 Å². The third kappa shape index (κ3) is 2.92. The molecule has 0 saturated heterocycles. The highest BCUT2D eigenvalue weighted by molar-refractivity contribution is 7.89. The molecule has 0 aliphatic carbocycles. The van der Waals surface area contributed by atoms with E-state index >= 15 is 0 Å². The molecule has 2 N–H and O–H groups in total. The zero-order chi connectivity index (χ0) is 12.3. The molecule has 0 radical (unpaired) electrons. The highest BCUT2D eigenvalue weighted by Gasteiger charge is 2.14. The number of sulfonamides is 1. The van der Waals surface area contributed by atoms with E-state index in [2.05, 4.69) is 20.0 Å². The summed E-state index contributed by atoms with van der Waals surface area (Å²) in [7, 11) is -1.67. The fraction of sp³-hybridized carbons (Fsp3) is 0.333. The van der Waals surface area contributed by atoms with Crippen LogP contribution in [0.3, 0.4) is 0 Å². The van der Waals surface area contributed by atoms with E-state index in [1.165, 1.54) is 12.3 Å². The van der Waals surface area contributed by atoms with Gasteiger partial charge in [-0.2, -0.15) is 10.2 Å². The molecule has 0 spiro atoms. The number of nitrogens with zero attached hydrogens (tertiary/aromatic N) is 3. The van der Waals surface area contributed by atoms with Crippen LogP contribution in [0, 0.1) is 0 Å². The number of nitrogens with one attached hydrogen (secondary N) is 2. The highest BCUT2D eigenvalue weighted by Crippen LogP contribution is 2.02. The van der Waals surface area contributed by atoms with E-state index in [0.717, 1.165) is 5.69 Å². The number of hydrogen-bond acceptors (Lipinski definition) is 4. The number of aromatic amines is 1. The van der Waals surface area contributed by atoms with E-state index in [-0.39, 0.29) is 5.03 Å². The van der Waals surface area contributed by atoms with Gasteiger partial charge in [0.05, 0.1) is 11.9 Å². The van der Waals surface area contributed by atoms with Gasteiger partial charge in [-0.15, -0.1) is 0 Å². The third-order valence-corrected chi connectivity index (χ3v) is 3.60. The molecular formula is C9H13N5O2S. The Balaban J connectivity index is 1.91. The van der Waals surface area contributed by atoms with E-state index in [1.54, 1.807) is 4.68 Å². The molecule has 0 aromatic carbocycles. The fourth-order valence-corrected chi connectivity index (χ4v) is 2.32. The standard InChI is InChI=1S/C9H13N5O2S/c1-14-7-4-8(13-14)2-6-11-17(15,16)9-3-5-10-12-9/h3-5,7,11H,2,6H2,1H3,(H,10,12). The fourth-order valence-electron chi connectivity index (χ4n) is 1.38. The molecule has 7 nitrogen and oxygen atoms in total. The van der Waals surface area contributed by atoms with Crippen LogP contribution in [-0.2, 0) is 23.5 Å². The van der Waals surface area contributed by atoms with Gasteiger partial charge >= 0.3 is 0 Å². The van der Waals surface area contributed by atoms with Crippen LogP contribution in [0.2, 0.25) is 0 Å². The molecule has 2 rings (SSSR count). The van der Waals surface area contributed by atoms with Crippen molar-refractivity contribution in [2.24, 2.45) is 7.05 Å². The summed E-state index contributed by atoms with van der Waals surface area (Å²) < 4.78 is 27.5. The Morgan fingerprint density at radius 2 is 2.29 bits per heavy atom. The second-order valence-electron chi connectivity index (χ2n) is 3.55. The van der Waals surface area contributed by atoms with E-state index in [9.17, 15) is 8.42 Å². The van der Waals surface area contributed by atoms with Gasteiger partial charge in [-0.25, -0.2) is 13.1 Å². The Morgan fingerprint density at radius 3 is 2.88 bits per heavy atom. The van der Waals surface area contributed by atoms with Gasteiger partial charge in [-0.3, -0.25) is 9.78 Å². The first-order valence-corrected chi connectivity index (χ1v) is 6.54. The number of aromatic nitrogens is 4. The van der Waals surface area contributed by atoms with Gasteiger partial charge < -0.3 is 0 Å². The van der Waals surface area contributed by atoms with Crippen molar-refractivity contribution in [2.75, 3.05) is 6.54 Å². The van der Waals surface area contributed by atoms with Crippen molar-refractivity contribution in [3.8, 4) is 0 Å². The quantitative estimate of drug-likeness (QED) is 0.764. The molecule has 17 heavy (non-hydrogen) atoms. The molecule has 8 heteroatoms. The molecule has 0 aliphatic heterocycles. The normalized spacial score (nSPS) is 11.8. The summed E-state index contributed by atoms with van der Waals surface area (Å²) in [5.74, 6) is 0. The average Bonchev–Trinajstić information content (AvgIpc) is 2.89. The molecule has 0 unspecified atom stereocenters. The molecule has 92 valence electrons. The van der Waals surface area contributed by atoms with Crippen LogP contribution >= 0.6 is 0 Å². The van der Waals surface area contributed by atoms with Gasteiger partial charge in [0.25, 0.3) is 10.0 Å². The lowest BCUT2D eigenvalue weighted by Gasteiger charge is -2.02. The summed E-state index contributed by atoms with van der Waals surface area (Å²) in [6.07, 6.45) is 3.76. The number of H-pyrrole nitrogens is 1. The Kier molecular flexibility index (Phi) is 3.25. The maximum absolute atomic E-state index is 11.7. The highest BCUT2D eigenvalue weighted by atomic mass is 32.2. The SMILES string of the molecule is Cn1ccc(CCNS(=O)(=O)c2ccn[nH]2)n1. The first-order valence-electron chi connectivity index (χ1n) is 5.05. The van der Waals surface area contributed by atoms with Crippen LogP contribution in [0.25, 0.3) is 0 Å². The van der Waals surface area contributed by atoms with E-state index in [0.29, 0.717) is 13.0 Å². The largest absolute Gasteiger partial charge is 0.276 e. The van der Waals surface area contributed by atoms with E-state index < -0.39 is 10.0 Å². The molecule has 2 heterocycles. The predicted molar refractivity (Wildman–Crippen MR) is 60.7 cm³/mol. The van der Waals surface area contributed by atoms with Crippen molar-refractivity contribution in [1.29, 1.82) is 0 Å². The summed E-state index contributed by atoms with van der Waals surface area (Å²) in [6, 6.07) is 3.26. The molecule has 0 amide bonds. The number of hydrogen-bond donors (Lipinski definition) is 2. The van der Waals surface area contributed by atoms with E-state index in [4.69, 9.17) is 0 Å². The van der Waals surface area contributed by atoms with Gasteiger partial charge in [0.1, 0.15) is 0 Å². The Bertz CT molecular complexity index is 572. The summed E-state index contributed by atoms with van der Waals surface area (Å²) in [6.45, 7) is 0.304. The van der Waals surface area contributed by atoms with Gasteiger partial charge in [0, 0.05) is 26.2 Å². The van der Waals surface area contributed by atoms with Gasteiger partial charge in [-0.1, -0.05) is 0 Å². The molecule has 0 atom stereocenters. The minimum absolute atomic E-state index is 0.0681. The minimum atomic E-state index is -3.48. The van der Waals surface area contributed by atoms with Crippen molar-refractivity contribution in [3.63, 3.8) is 0 Å². The van der Waals surface area contributed by atoms with Gasteiger partial charge in [0.2, 0.25) is 0 Å². The molecule has 2 aromatic heterocycles. The Labute approximate surface area is 98.9 Å². The zero-order valence-corrected chi connectivity index (χ0v) is 10.1. The lowest BCUT2D eigenvalue weighted by Crippen LogP contribution is -2.26. The summed E-state index contributed by atoms with van der Waals surface area (Å²) in [5, 5.41) is 10.2. The van der Waals surface area contributed by atoms with Crippen LogP contribution in [0.4, 0.5) is 0 Å². The van der Waals surface area contributed by atoms with Gasteiger partial charge in [0.15, 0.2) is 5.03 Å². The molecule has 0 fully saturated rings. The third-order valence-electron chi connectivity index (χ3n) is 2.21. The van der Waals surface area contributed by atoms with Crippen molar-refractivity contribution in [2.45, 2.75) is 11.4 Å². The van der Waals surface area contributed by atoms with Crippen LogP contribution < -0.4 is 4.72 Å².